The fraction of sp³-hybridized carbons (Fsp3) is 0.300. The predicted octanol–water partition coefficient (Wildman–Crippen LogP) is 3.79. The van der Waals surface area contributed by atoms with Crippen molar-refractivity contribution in [2.75, 3.05) is 17.6 Å². The number of fused-ring (bicyclic) bond motifs is 1. The summed E-state index contributed by atoms with van der Waals surface area (Å²) in [7, 11) is 0. The summed E-state index contributed by atoms with van der Waals surface area (Å²) in [6.07, 6.45) is 4.55. The Morgan fingerprint density at radius 1 is 1.20 bits per heavy atom. The zero-order valence-corrected chi connectivity index (χ0v) is 17.7. The lowest BCUT2D eigenvalue weighted by Crippen LogP contribution is -2.46. The van der Waals surface area contributed by atoms with Gasteiger partial charge < -0.3 is 16.0 Å². The van der Waals surface area contributed by atoms with Gasteiger partial charge in [-0.05, 0) is 42.5 Å². The summed E-state index contributed by atoms with van der Waals surface area (Å²) in [5, 5.41) is 10.9. The Morgan fingerprint density at radius 3 is 2.67 bits per heavy atom. The van der Waals surface area contributed by atoms with E-state index in [4.69, 9.17) is 28.9 Å². The Hall–Kier alpha value is -2.84. The number of hydrogen-bond donors (Lipinski definition) is 3. The molecule has 0 aliphatic carbocycles. The molecule has 0 bridgehead atoms. The highest BCUT2D eigenvalue weighted by molar-refractivity contribution is 6.40. The molecular weight excluding hydrogens is 427 g/mol. The third-order valence-corrected chi connectivity index (χ3v) is 5.74. The van der Waals surface area contributed by atoms with Gasteiger partial charge in [-0.2, -0.15) is 5.10 Å². The van der Waals surface area contributed by atoms with Crippen LogP contribution >= 0.6 is 23.2 Å². The number of hydrogen-bond acceptors (Lipinski definition) is 5. The summed E-state index contributed by atoms with van der Waals surface area (Å²) >= 11 is 12.3. The molecule has 8 nitrogen and oxygen atoms in total. The van der Waals surface area contributed by atoms with Crippen molar-refractivity contribution in [1.29, 1.82) is 0 Å². The summed E-state index contributed by atoms with van der Waals surface area (Å²) < 4.78 is 0. The first-order valence-electron chi connectivity index (χ1n) is 9.49. The van der Waals surface area contributed by atoms with Crippen LogP contribution in [0.4, 0.5) is 11.5 Å². The van der Waals surface area contributed by atoms with Gasteiger partial charge in [0.25, 0.3) is 0 Å². The molecule has 1 aliphatic rings. The van der Waals surface area contributed by atoms with Crippen LogP contribution < -0.4 is 11.1 Å². The number of rotatable bonds is 2. The monoisotopic (exact) mass is 446 g/mol. The molecule has 2 unspecified atom stereocenters. The van der Waals surface area contributed by atoms with E-state index in [1.165, 1.54) is 12.4 Å². The number of aromatic amines is 1. The number of nitrogens with zero attached hydrogens (tertiary/aromatic N) is 3. The number of likely N-dealkylation sites (tertiary alicyclic amines) is 1. The number of amides is 2. The first-order valence-corrected chi connectivity index (χ1v) is 10.2. The summed E-state index contributed by atoms with van der Waals surface area (Å²) in [5.41, 5.74) is 7.47. The minimum Gasteiger partial charge on any atom is -0.383 e. The number of nitrogen functional groups attached to an aromatic ring is 1. The van der Waals surface area contributed by atoms with Crippen LogP contribution in [0.25, 0.3) is 10.9 Å². The highest BCUT2D eigenvalue weighted by atomic mass is 35.5. The van der Waals surface area contributed by atoms with Gasteiger partial charge in [0, 0.05) is 16.6 Å². The van der Waals surface area contributed by atoms with E-state index >= 15 is 0 Å². The molecule has 0 saturated carbocycles. The Balaban J connectivity index is 1.60. The second kappa shape index (κ2) is 8.12. The third-order valence-electron chi connectivity index (χ3n) is 5.31. The Bertz CT molecular complexity index is 1110. The molecule has 1 saturated heterocycles. The second-order valence-electron chi connectivity index (χ2n) is 7.53. The van der Waals surface area contributed by atoms with E-state index in [2.05, 4.69) is 27.4 Å². The molecule has 3 aromatic rings. The van der Waals surface area contributed by atoms with E-state index in [-0.39, 0.29) is 17.8 Å². The number of H-pyrrole nitrogens is 1. The number of pyridine rings is 1. The average molecular weight is 447 g/mol. The topological polar surface area (TPSA) is 117 Å². The second-order valence-corrected chi connectivity index (χ2v) is 8.40. The average Bonchev–Trinajstić information content (AvgIpc) is 3.19. The smallest absolute Gasteiger partial charge is 0.314 e. The molecule has 0 radical (unpaired) electrons. The van der Waals surface area contributed by atoms with Crippen LogP contribution in [0, 0.1) is 5.92 Å². The Kier molecular flexibility index (Phi) is 5.53. The number of nitrogens with one attached hydrogen (secondary N) is 2. The van der Waals surface area contributed by atoms with E-state index in [0.29, 0.717) is 39.6 Å². The number of carbonyl (C=O) groups excluding carboxylic acids is 2. The first-order chi connectivity index (χ1) is 14.3. The minimum atomic E-state index is -0.760. The van der Waals surface area contributed by atoms with Crippen LogP contribution in [0.2, 0.25) is 10.0 Å². The Morgan fingerprint density at radius 2 is 1.93 bits per heavy atom. The van der Waals surface area contributed by atoms with Gasteiger partial charge in [0.2, 0.25) is 0 Å². The van der Waals surface area contributed by atoms with Crippen molar-refractivity contribution < 1.29 is 9.59 Å². The molecule has 1 aromatic carbocycles. The molecule has 3 heterocycles. The molecule has 2 aromatic heterocycles. The highest BCUT2D eigenvalue weighted by Crippen LogP contribution is 2.36. The third kappa shape index (κ3) is 3.93. The fourth-order valence-electron chi connectivity index (χ4n) is 3.85. The van der Waals surface area contributed by atoms with Crippen LogP contribution in [-0.4, -0.2) is 38.4 Å². The molecule has 156 valence electrons. The van der Waals surface area contributed by atoms with Crippen LogP contribution in [0.1, 0.15) is 31.4 Å². The van der Waals surface area contributed by atoms with E-state index in [9.17, 15) is 9.59 Å². The van der Waals surface area contributed by atoms with E-state index < -0.39 is 11.8 Å². The van der Waals surface area contributed by atoms with Crippen LogP contribution in [0.15, 0.2) is 30.6 Å². The first kappa shape index (κ1) is 20.4. The van der Waals surface area contributed by atoms with Gasteiger partial charge in [0.1, 0.15) is 5.82 Å². The zero-order chi connectivity index (χ0) is 21.4. The fourth-order valence-corrected chi connectivity index (χ4v) is 4.39. The van der Waals surface area contributed by atoms with Gasteiger partial charge in [-0.3, -0.25) is 14.7 Å². The summed E-state index contributed by atoms with van der Waals surface area (Å²) in [4.78, 5) is 31.6. The quantitative estimate of drug-likeness (QED) is 0.517. The van der Waals surface area contributed by atoms with Gasteiger partial charge in [0.15, 0.2) is 0 Å². The summed E-state index contributed by atoms with van der Waals surface area (Å²) in [6, 6.07) is 4.92. The van der Waals surface area contributed by atoms with Crippen LogP contribution in [-0.2, 0) is 9.59 Å². The van der Waals surface area contributed by atoms with Crippen molar-refractivity contribution >= 4 is 57.4 Å². The lowest BCUT2D eigenvalue weighted by atomic mass is 9.90. The van der Waals surface area contributed by atoms with E-state index in [1.807, 2.05) is 0 Å². The Labute approximate surface area is 182 Å². The standard InChI is InChI=1S/C20H20Cl2N6O2/c1-10-2-3-16(11-4-12(21)6-13(22)5-11)28(9-10)20(30)19(29)26-15-8-24-18(23)14-7-25-27-17(14)15/h4-8,10,16H,2-3,9H2,1H3,(H2,23,24)(H,25,27)(H,26,29). The lowest BCUT2D eigenvalue weighted by Gasteiger charge is -2.38. The molecule has 10 heteroatoms. The van der Waals surface area contributed by atoms with Crippen LogP contribution in [0.3, 0.4) is 0 Å². The van der Waals surface area contributed by atoms with Gasteiger partial charge in [-0.1, -0.05) is 30.1 Å². The maximum Gasteiger partial charge on any atom is 0.314 e. The molecule has 2 atom stereocenters. The number of anilines is 2. The van der Waals surface area contributed by atoms with E-state index in [0.717, 1.165) is 12.0 Å². The molecule has 4 rings (SSSR count). The predicted molar refractivity (Wildman–Crippen MR) is 116 cm³/mol. The van der Waals surface area contributed by atoms with E-state index in [1.54, 1.807) is 23.1 Å². The normalized spacial score (nSPS) is 19.1. The van der Waals surface area contributed by atoms with Gasteiger partial charge in [-0.15, -0.1) is 0 Å². The summed E-state index contributed by atoms with van der Waals surface area (Å²) in [5.74, 6) is -0.840. The SMILES string of the molecule is CC1CCC(c2cc(Cl)cc(Cl)c2)N(C(=O)C(=O)Nc2cnc(N)c3cn[nH]c23)C1. The number of benzene rings is 1. The van der Waals surface area contributed by atoms with Crippen molar-refractivity contribution in [1.82, 2.24) is 20.1 Å². The molecule has 1 aliphatic heterocycles. The molecule has 30 heavy (non-hydrogen) atoms. The number of aromatic nitrogens is 3. The maximum atomic E-state index is 13.1. The largest absolute Gasteiger partial charge is 0.383 e. The zero-order valence-electron chi connectivity index (χ0n) is 16.2. The van der Waals surface area contributed by atoms with Crippen molar-refractivity contribution in [3.05, 3.63) is 46.2 Å². The van der Waals surface area contributed by atoms with Crippen molar-refractivity contribution in [2.24, 2.45) is 5.92 Å². The van der Waals surface area contributed by atoms with Crippen molar-refractivity contribution in [2.45, 2.75) is 25.8 Å². The number of nitrogens with two attached hydrogens (primary N) is 1. The maximum absolute atomic E-state index is 13.1. The molecule has 2 amide bonds. The van der Waals surface area contributed by atoms with Crippen molar-refractivity contribution in [3.8, 4) is 0 Å². The van der Waals surface area contributed by atoms with Crippen molar-refractivity contribution in [3.63, 3.8) is 0 Å². The molecule has 0 spiro atoms. The molecule has 4 N–H and O–H groups in total. The molecule has 1 fully saturated rings. The molecular formula is C20H20Cl2N6O2. The number of piperidine rings is 1. The lowest BCUT2D eigenvalue weighted by molar-refractivity contribution is -0.146. The van der Waals surface area contributed by atoms with Gasteiger partial charge in [-0.25, -0.2) is 4.98 Å². The summed E-state index contributed by atoms with van der Waals surface area (Å²) in [6.45, 7) is 2.51. The highest BCUT2D eigenvalue weighted by Gasteiger charge is 2.34. The minimum absolute atomic E-state index is 0.269. The van der Waals surface area contributed by atoms with Gasteiger partial charge in [0.05, 0.1) is 35.0 Å². The number of halogens is 2. The van der Waals surface area contributed by atoms with Gasteiger partial charge >= 0.3 is 11.8 Å². The van der Waals surface area contributed by atoms with Crippen LogP contribution in [0.5, 0.6) is 0 Å². The number of carbonyl (C=O) groups is 2.